The molecule has 0 aliphatic rings. The molecule has 1 aromatic carbocycles. The van der Waals surface area contributed by atoms with E-state index in [9.17, 15) is 4.79 Å². The molecule has 2 aromatic rings. The molecule has 1 N–H and O–H groups in total. The topological polar surface area (TPSA) is 51.2 Å². The van der Waals surface area contributed by atoms with E-state index in [-0.39, 0.29) is 5.91 Å². The van der Waals surface area contributed by atoms with Crippen LogP contribution in [0.3, 0.4) is 0 Å². The third kappa shape index (κ3) is 3.17. The van der Waals surface area contributed by atoms with Gasteiger partial charge >= 0.3 is 0 Å². The summed E-state index contributed by atoms with van der Waals surface area (Å²) in [6, 6.07) is 8.92. The van der Waals surface area contributed by atoms with Crippen LogP contribution in [0.15, 0.2) is 34.8 Å². The molecule has 0 bridgehead atoms. The van der Waals surface area contributed by atoms with Crippen LogP contribution in [0.2, 0.25) is 0 Å². The molecule has 0 unspecified atom stereocenters. The van der Waals surface area contributed by atoms with Crippen LogP contribution >= 0.6 is 15.9 Å². The standard InChI is InChI=1S/C15H15BrN2O2/c1-9-4-6-13(10(2)17-9)18-15(19)11-5-7-14(20-3)12(16)8-11/h4-8H,1-3H3,(H,18,19). The van der Waals surface area contributed by atoms with Crippen LogP contribution in [-0.4, -0.2) is 18.0 Å². The Morgan fingerprint density at radius 2 is 2.00 bits per heavy atom. The van der Waals surface area contributed by atoms with Crippen molar-refractivity contribution < 1.29 is 9.53 Å². The smallest absolute Gasteiger partial charge is 0.255 e. The average molecular weight is 335 g/mol. The lowest BCUT2D eigenvalue weighted by Crippen LogP contribution is -2.13. The van der Waals surface area contributed by atoms with Crippen LogP contribution in [-0.2, 0) is 0 Å². The predicted molar refractivity (Wildman–Crippen MR) is 82.4 cm³/mol. The molecule has 104 valence electrons. The van der Waals surface area contributed by atoms with E-state index >= 15 is 0 Å². The van der Waals surface area contributed by atoms with Crippen LogP contribution in [0.5, 0.6) is 5.75 Å². The first-order valence-corrected chi connectivity index (χ1v) is 6.89. The van der Waals surface area contributed by atoms with Crippen molar-refractivity contribution in [1.29, 1.82) is 0 Å². The largest absolute Gasteiger partial charge is 0.496 e. The zero-order valence-electron chi connectivity index (χ0n) is 11.5. The summed E-state index contributed by atoms with van der Waals surface area (Å²) in [6.45, 7) is 3.78. The Bertz CT molecular complexity index is 656. The second-order valence-electron chi connectivity index (χ2n) is 4.39. The molecule has 0 aliphatic carbocycles. The number of amides is 1. The van der Waals surface area contributed by atoms with Gasteiger partial charge < -0.3 is 10.1 Å². The van der Waals surface area contributed by atoms with Crippen molar-refractivity contribution in [3.8, 4) is 5.75 Å². The summed E-state index contributed by atoms with van der Waals surface area (Å²) in [4.78, 5) is 16.5. The maximum atomic E-state index is 12.2. The zero-order chi connectivity index (χ0) is 14.7. The van der Waals surface area contributed by atoms with Gasteiger partial charge in [0.05, 0.1) is 23.0 Å². The molecule has 0 atom stereocenters. The molecule has 0 aliphatic heterocycles. The number of hydrogen-bond acceptors (Lipinski definition) is 3. The molecular formula is C15H15BrN2O2. The third-order valence-corrected chi connectivity index (χ3v) is 3.51. The summed E-state index contributed by atoms with van der Waals surface area (Å²) in [6.07, 6.45) is 0. The van der Waals surface area contributed by atoms with Gasteiger partial charge in [-0.3, -0.25) is 9.78 Å². The molecule has 20 heavy (non-hydrogen) atoms. The predicted octanol–water partition coefficient (Wildman–Crippen LogP) is 3.72. The van der Waals surface area contributed by atoms with Gasteiger partial charge in [-0.15, -0.1) is 0 Å². The quantitative estimate of drug-likeness (QED) is 0.930. The van der Waals surface area contributed by atoms with Crippen molar-refractivity contribution in [3.63, 3.8) is 0 Å². The van der Waals surface area contributed by atoms with Crippen molar-refractivity contribution in [2.45, 2.75) is 13.8 Å². The molecule has 0 fully saturated rings. The number of methoxy groups -OCH3 is 1. The fourth-order valence-corrected chi connectivity index (χ4v) is 2.36. The first-order chi connectivity index (χ1) is 9.51. The monoisotopic (exact) mass is 334 g/mol. The summed E-state index contributed by atoms with van der Waals surface area (Å²) in [5.41, 5.74) is 2.99. The Balaban J connectivity index is 2.21. The lowest BCUT2D eigenvalue weighted by molar-refractivity contribution is 0.102. The van der Waals surface area contributed by atoms with Crippen molar-refractivity contribution in [2.24, 2.45) is 0 Å². The highest BCUT2D eigenvalue weighted by Gasteiger charge is 2.10. The Morgan fingerprint density at radius 3 is 2.60 bits per heavy atom. The molecule has 5 heteroatoms. The summed E-state index contributed by atoms with van der Waals surface area (Å²) in [5, 5.41) is 2.86. The highest BCUT2D eigenvalue weighted by atomic mass is 79.9. The molecule has 1 heterocycles. The molecule has 0 saturated carbocycles. The summed E-state index contributed by atoms with van der Waals surface area (Å²) in [5.74, 6) is 0.511. The zero-order valence-corrected chi connectivity index (χ0v) is 13.1. The molecule has 0 spiro atoms. The highest BCUT2D eigenvalue weighted by molar-refractivity contribution is 9.10. The molecule has 1 aromatic heterocycles. The van der Waals surface area contributed by atoms with E-state index in [1.165, 1.54) is 0 Å². The highest BCUT2D eigenvalue weighted by Crippen LogP contribution is 2.26. The van der Waals surface area contributed by atoms with Gasteiger partial charge in [-0.25, -0.2) is 0 Å². The number of aryl methyl sites for hydroxylation is 2. The second kappa shape index (κ2) is 6.05. The van der Waals surface area contributed by atoms with Crippen LogP contribution in [0.1, 0.15) is 21.7 Å². The molecule has 4 nitrogen and oxygen atoms in total. The molecule has 2 rings (SSSR count). The Morgan fingerprint density at radius 1 is 1.25 bits per heavy atom. The SMILES string of the molecule is COc1ccc(C(=O)Nc2ccc(C)nc2C)cc1Br. The summed E-state index contributed by atoms with van der Waals surface area (Å²) < 4.78 is 5.88. The van der Waals surface area contributed by atoms with Crippen LogP contribution in [0, 0.1) is 13.8 Å². The number of pyridine rings is 1. The maximum Gasteiger partial charge on any atom is 0.255 e. The van der Waals surface area contributed by atoms with E-state index in [4.69, 9.17) is 4.74 Å². The van der Waals surface area contributed by atoms with E-state index < -0.39 is 0 Å². The van der Waals surface area contributed by atoms with Gasteiger partial charge in [-0.2, -0.15) is 0 Å². The lowest BCUT2D eigenvalue weighted by Gasteiger charge is -2.09. The van der Waals surface area contributed by atoms with Crippen LogP contribution in [0.4, 0.5) is 5.69 Å². The number of carbonyl (C=O) groups is 1. The Labute approximate surface area is 126 Å². The van der Waals surface area contributed by atoms with Crippen molar-refractivity contribution in [1.82, 2.24) is 4.98 Å². The number of carbonyl (C=O) groups excluding carboxylic acids is 1. The van der Waals surface area contributed by atoms with E-state index in [0.717, 1.165) is 15.9 Å². The number of anilines is 1. The van der Waals surface area contributed by atoms with Crippen molar-refractivity contribution >= 4 is 27.5 Å². The van der Waals surface area contributed by atoms with Gasteiger partial charge in [0.1, 0.15) is 5.75 Å². The van der Waals surface area contributed by atoms with E-state index in [1.807, 2.05) is 26.0 Å². The number of aromatic nitrogens is 1. The lowest BCUT2D eigenvalue weighted by atomic mass is 10.2. The van der Waals surface area contributed by atoms with Gasteiger partial charge in [0.15, 0.2) is 0 Å². The second-order valence-corrected chi connectivity index (χ2v) is 5.24. The van der Waals surface area contributed by atoms with Gasteiger partial charge in [0.2, 0.25) is 0 Å². The van der Waals surface area contributed by atoms with E-state index in [1.54, 1.807) is 25.3 Å². The number of rotatable bonds is 3. The van der Waals surface area contributed by atoms with Crippen LogP contribution in [0.25, 0.3) is 0 Å². The molecule has 0 radical (unpaired) electrons. The van der Waals surface area contributed by atoms with Crippen LogP contribution < -0.4 is 10.1 Å². The minimum atomic E-state index is -0.179. The van der Waals surface area contributed by atoms with Gasteiger partial charge in [0.25, 0.3) is 5.91 Å². The molecule has 0 saturated heterocycles. The number of halogens is 1. The fraction of sp³-hybridized carbons (Fsp3) is 0.200. The Kier molecular flexibility index (Phi) is 4.39. The fourth-order valence-electron chi connectivity index (χ4n) is 1.82. The van der Waals surface area contributed by atoms with Gasteiger partial charge in [-0.05, 0) is 60.1 Å². The number of nitrogens with one attached hydrogen (secondary N) is 1. The van der Waals surface area contributed by atoms with E-state index in [2.05, 4.69) is 26.2 Å². The minimum Gasteiger partial charge on any atom is -0.496 e. The summed E-state index contributed by atoms with van der Waals surface area (Å²) >= 11 is 3.37. The number of benzene rings is 1. The number of nitrogens with zero attached hydrogens (tertiary/aromatic N) is 1. The molecular weight excluding hydrogens is 320 g/mol. The van der Waals surface area contributed by atoms with E-state index in [0.29, 0.717) is 17.0 Å². The minimum absolute atomic E-state index is 0.179. The van der Waals surface area contributed by atoms with Crippen molar-refractivity contribution in [2.75, 3.05) is 12.4 Å². The van der Waals surface area contributed by atoms with Gasteiger partial charge in [-0.1, -0.05) is 0 Å². The average Bonchev–Trinajstić information content (AvgIpc) is 2.41. The van der Waals surface area contributed by atoms with Gasteiger partial charge in [0, 0.05) is 11.3 Å². The molecule has 1 amide bonds. The first kappa shape index (κ1) is 14.5. The first-order valence-electron chi connectivity index (χ1n) is 6.10. The maximum absolute atomic E-state index is 12.2. The summed E-state index contributed by atoms with van der Waals surface area (Å²) in [7, 11) is 1.58. The number of hydrogen-bond donors (Lipinski definition) is 1. The normalized spacial score (nSPS) is 10.2. The third-order valence-electron chi connectivity index (χ3n) is 2.89. The van der Waals surface area contributed by atoms with Crippen molar-refractivity contribution in [3.05, 3.63) is 51.8 Å². The Hall–Kier alpha value is -1.88. The number of ether oxygens (including phenoxy) is 1.